The third-order valence-electron chi connectivity index (χ3n) is 3.34. The summed E-state index contributed by atoms with van der Waals surface area (Å²) in [5.74, 6) is 0.903. The minimum absolute atomic E-state index is 0.390. The molecular weight excluding hydrogens is 301 g/mol. The molecule has 1 fully saturated rings. The molecule has 2 aromatic rings. The fourth-order valence-electron chi connectivity index (χ4n) is 2.14. The molecule has 2 heterocycles. The summed E-state index contributed by atoms with van der Waals surface area (Å²) in [6.07, 6.45) is 1.07. The van der Waals surface area contributed by atoms with Gasteiger partial charge in [-0.25, -0.2) is 0 Å². The fourth-order valence-corrected chi connectivity index (χ4v) is 2.67. The fraction of sp³-hybridized carbons (Fsp3) is 0.385. The first-order valence-electron chi connectivity index (χ1n) is 6.21. The Balaban J connectivity index is 1.84. The van der Waals surface area contributed by atoms with E-state index >= 15 is 0 Å². The molecule has 3 rings (SSSR count). The van der Waals surface area contributed by atoms with E-state index in [1.165, 1.54) is 0 Å². The molecule has 2 N–H and O–H groups in total. The Morgan fingerprint density at radius 3 is 2.70 bits per heavy atom. The number of aromatic nitrogens is 2. The zero-order valence-corrected chi connectivity index (χ0v) is 12.1. The van der Waals surface area contributed by atoms with Gasteiger partial charge in [-0.05, 0) is 24.1 Å². The lowest BCUT2D eigenvalue weighted by Crippen LogP contribution is -2.37. The Hall–Kier alpha value is -1.14. The zero-order valence-electron chi connectivity index (χ0n) is 10.6. The summed E-state index contributed by atoms with van der Waals surface area (Å²) in [5, 5.41) is 5.10. The van der Waals surface area contributed by atoms with Gasteiger partial charge in [0, 0.05) is 23.1 Å². The smallest absolute Gasteiger partial charge is 0.249 e. The van der Waals surface area contributed by atoms with Gasteiger partial charge in [0.05, 0.1) is 6.61 Å². The maximum atomic E-state index is 6.17. The van der Waals surface area contributed by atoms with Crippen LogP contribution >= 0.6 is 23.2 Å². The molecule has 0 spiro atoms. The van der Waals surface area contributed by atoms with Crippen LogP contribution in [-0.2, 0) is 16.7 Å². The van der Waals surface area contributed by atoms with Crippen molar-refractivity contribution in [3.05, 3.63) is 45.5 Å². The molecule has 1 aliphatic heterocycles. The van der Waals surface area contributed by atoms with Crippen LogP contribution in [-0.4, -0.2) is 23.4 Å². The topological polar surface area (TPSA) is 74.2 Å². The molecule has 1 aromatic heterocycles. The van der Waals surface area contributed by atoms with Crippen LogP contribution in [0, 0.1) is 0 Å². The van der Waals surface area contributed by atoms with Crippen LogP contribution in [0.15, 0.2) is 22.7 Å². The molecule has 5 nitrogen and oxygen atoms in total. The van der Waals surface area contributed by atoms with Gasteiger partial charge in [0.15, 0.2) is 5.82 Å². The van der Waals surface area contributed by atoms with Crippen molar-refractivity contribution in [1.82, 2.24) is 10.1 Å². The van der Waals surface area contributed by atoms with Gasteiger partial charge in [-0.1, -0.05) is 34.4 Å². The van der Waals surface area contributed by atoms with Crippen LogP contribution in [0.2, 0.25) is 10.0 Å². The summed E-state index contributed by atoms with van der Waals surface area (Å²) in [6, 6.07) is 5.35. The second-order valence-corrected chi connectivity index (χ2v) is 5.67. The van der Waals surface area contributed by atoms with Crippen molar-refractivity contribution in [2.45, 2.75) is 18.4 Å². The molecule has 0 aliphatic carbocycles. The van der Waals surface area contributed by atoms with Crippen LogP contribution in [0.1, 0.15) is 23.7 Å². The first-order valence-corrected chi connectivity index (χ1v) is 6.97. The number of halogens is 2. The third-order valence-corrected chi connectivity index (χ3v) is 4.05. The molecular formula is C13H13Cl2N3O2. The molecule has 1 unspecified atom stereocenters. The van der Waals surface area contributed by atoms with Crippen molar-refractivity contribution in [2.24, 2.45) is 5.73 Å². The van der Waals surface area contributed by atoms with Gasteiger partial charge in [0.25, 0.3) is 0 Å². The van der Waals surface area contributed by atoms with Gasteiger partial charge in [-0.2, -0.15) is 4.98 Å². The van der Waals surface area contributed by atoms with Gasteiger partial charge >= 0.3 is 0 Å². The van der Waals surface area contributed by atoms with Gasteiger partial charge < -0.3 is 15.0 Å². The SMILES string of the molecule is NC1(c2nc(Cc3c(Cl)cccc3Cl)no2)CCOC1. The van der Waals surface area contributed by atoms with E-state index in [2.05, 4.69) is 10.1 Å². The number of rotatable bonds is 3. The second-order valence-electron chi connectivity index (χ2n) is 4.85. The van der Waals surface area contributed by atoms with E-state index in [1.807, 2.05) is 0 Å². The number of hydrogen-bond donors (Lipinski definition) is 1. The van der Waals surface area contributed by atoms with Gasteiger partial charge in [0.1, 0.15) is 5.54 Å². The molecule has 1 aliphatic rings. The van der Waals surface area contributed by atoms with E-state index in [9.17, 15) is 0 Å². The number of benzene rings is 1. The van der Waals surface area contributed by atoms with E-state index in [1.54, 1.807) is 18.2 Å². The summed E-state index contributed by atoms with van der Waals surface area (Å²) < 4.78 is 10.5. The number of hydrogen-bond acceptors (Lipinski definition) is 5. The first-order chi connectivity index (χ1) is 9.58. The van der Waals surface area contributed by atoms with Crippen molar-refractivity contribution >= 4 is 23.2 Å². The molecule has 0 amide bonds. The Labute approximate surface area is 126 Å². The lowest BCUT2D eigenvalue weighted by atomic mass is 10.0. The highest BCUT2D eigenvalue weighted by atomic mass is 35.5. The minimum atomic E-state index is -0.685. The normalized spacial score (nSPS) is 22.4. The monoisotopic (exact) mass is 313 g/mol. The predicted molar refractivity (Wildman–Crippen MR) is 74.9 cm³/mol. The zero-order chi connectivity index (χ0) is 14.2. The average molecular weight is 314 g/mol. The van der Waals surface area contributed by atoms with Crippen LogP contribution in [0.5, 0.6) is 0 Å². The highest BCUT2D eigenvalue weighted by Gasteiger charge is 2.38. The molecule has 1 atom stereocenters. The van der Waals surface area contributed by atoms with E-state index in [-0.39, 0.29) is 0 Å². The molecule has 0 saturated carbocycles. The van der Waals surface area contributed by atoms with Gasteiger partial charge in [-0.15, -0.1) is 0 Å². The van der Waals surface area contributed by atoms with Crippen molar-refractivity contribution in [3.8, 4) is 0 Å². The Morgan fingerprint density at radius 2 is 2.05 bits per heavy atom. The maximum absolute atomic E-state index is 6.17. The number of nitrogens with two attached hydrogens (primary N) is 1. The van der Waals surface area contributed by atoms with E-state index in [4.69, 9.17) is 38.2 Å². The van der Waals surface area contributed by atoms with Crippen LogP contribution in [0.3, 0.4) is 0 Å². The molecule has 7 heteroatoms. The number of ether oxygens (including phenoxy) is 1. The molecule has 1 saturated heterocycles. The minimum Gasteiger partial charge on any atom is -0.379 e. The quantitative estimate of drug-likeness (QED) is 0.942. The molecule has 20 heavy (non-hydrogen) atoms. The standard InChI is InChI=1S/C13H13Cl2N3O2/c14-9-2-1-3-10(15)8(9)6-11-17-12(20-18-11)13(16)4-5-19-7-13/h1-3H,4-7,16H2. The summed E-state index contributed by atoms with van der Waals surface area (Å²) in [4.78, 5) is 4.34. The van der Waals surface area contributed by atoms with Crippen LogP contribution < -0.4 is 5.73 Å². The summed E-state index contributed by atoms with van der Waals surface area (Å²) in [5.41, 5.74) is 6.26. The summed E-state index contributed by atoms with van der Waals surface area (Å²) in [7, 11) is 0. The first kappa shape index (κ1) is 13.8. The maximum Gasteiger partial charge on any atom is 0.249 e. The third kappa shape index (κ3) is 2.54. The summed E-state index contributed by atoms with van der Waals surface area (Å²) in [6.45, 7) is 0.992. The van der Waals surface area contributed by atoms with Crippen LogP contribution in [0.25, 0.3) is 0 Å². The largest absolute Gasteiger partial charge is 0.379 e. The Morgan fingerprint density at radius 1 is 1.30 bits per heavy atom. The van der Waals surface area contributed by atoms with E-state index in [0.717, 1.165) is 5.56 Å². The molecule has 106 valence electrons. The van der Waals surface area contributed by atoms with Crippen LogP contribution in [0.4, 0.5) is 0 Å². The Bertz CT molecular complexity index is 604. The number of nitrogens with zero attached hydrogens (tertiary/aromatic N) is 2. The molecule has 0 bridgehead atoms. The highest BCUT2D eigenvalue weighted by molar-refractivity contribution is 6.36. The lowest BCUT2D eigenvalue weighted by Gasteiger charge is -2.15. The summed E-state index contributed by atoms with van der Waals surface area (Å²) >= 11 is 12.3. The van der Waals surface area contributed by atoms with Crippen molar-refractivity contribution in [2.75, 3.05) is 13.2 Å². The van der Waals surface area contributed by atoms with Gasteiger partial charge in [0.2, 0.25) is 5.89 Å². The van der Waals surface area contributed by atoms with E-state index in [0.29, 0.717) is 47.8 Å². The average Bonchev–Trinajstić information content (AvgIpc) is 3.04. The highest BCUT2D eigenvalue weighted by Crippen LogP contribution is 2.29. The van der Waals surface area contributed by atoms with Gasteiger partial charge in [-0.3, -0.25) is 0 Å². The second kappa shape index (κ2) is 5.33. The molecule has 1 aromatic carbocycles. The lowest BCUT2D eigenvalue weighted by molar-refractivity contribution is 0.166. The Kier molecular flexibility index (Phi) is 3.69. The van der Waals surface area contributed by atoms with Crippen molar-refractivity contribution in [1.29, 1.82) is 0 Å². The van der Waals surface area contributed by atoms with Crippen molar-refractivity contribution in [3.63, 3.8) is 0 Å². The molecule has 0 radical (unpaired) electrons. The van der Waals surface area contributed by atoms with Crippen molar-refractivity contribution < 1.29 is 9.26 Å². The predicted octanol–water partition coefficient (Wildman–Crippen LogP) is 2.54. The van der Waals surface area contributed by atoms with E-state index < -0.39 is 5.54 Å².